The fourth-order valence-electron chi connectivity index (χ4n) is 0.815. The van der Waals surface area contributed by atoms with Crippen LogP contribution in [0.15, 0.2) is 6.20 Å². The van der Waals surface area contributed by atoms with E-state index in [0.29, 0.717) is 6.54 Å². The van der Waals surface area contributed by atoms with Gasteiger partial charge in [0.15, 0.2) is 11.5 Å². The summed E-state index contributed by atoms with van der Waals surface area (Å²) < 4.78 is 13.7. The molecule has 0 saturated carbocycles. The third-order valence-electron chi connectivity index (χ3n) is 1.30. The fourth-order valence-corrected chi connectivity index (χ4v) is 0.815. The molecule has 1 N–H and O–H groups in total. The SMILES string of the molecule is CCn1ncc(F)c1C(=O)O. The van der Waals surface area contributed by atoms with E-state index in [0.717, 1.165) is 10.9 Å². The Morgan fingerprint density at radius 3 is 2.91 bits per heavy atom. The van der Waals surface area contributed by atoms with Crippen LogP contribution in [-0.4, -0.2) is 20.9 Å². The zero-order valence-corrected chi connectivity index (χ0v) is 5.91. The molecular weight excluding hydrogens is 151 g/mol. The molecule has 1 aromatic heterocycles. The number of carbonyl (C=O) groups is 1. The van der Waals surface area contributed by atoms with Crippen molar-refractivity contribution in [2.75, 3.05) is 0 Å². The zero-order valence-electron chi connectivity index (χ0n) is 5.91. The predicted octanol–water partition coefficient (Wildman–Crippen LogP) is 0.740. The van der Waals surface area contributed by atoms with Crippen LogP contribution >= 0.6 is 0 Å². The Hall–Kier alpha value is -1.39. The van der Waals surface area contributed by atoms with E-state index in [-0.39, 0.29) is 5.69 Å². The first-order chi connectivity index (χ1) is 5.16. The molecule has 11 heavy (non-hydrogen) atoms. The monoisotopic (exact) mass is 158 g/mol. The van der Waals surface area contributed by atoms with Crippen LogP contribution < -0.4 is 0 Å². The summed E-state index contributed by atoms with van der Waals surface area (Å²) in [6, 6.07) is 0. The molecule has 0 atom stereocenters. The van der Waals surface area contributed by atoms with Crippen molar-refractivity contribution in [1.82, 2.24) is 9.78 Å². The number of halogens is 1. The Bertz CT molecular complexity index is 282. The highest BCUT2D eigenvalue weighted by Crippen LogP contribution is 2.05. The molecule has 0 radical (unpaired) electrons. The van der Waals surface area contributed by atoms with Crippen molar-refractivity contribution in [2.24, 2.45) is 0 Å². The summed E-state index contributed by atoms with van der Waals surface area (Å²) in [7, 11) is 0. The van der Waals surface area contributed by atoms with Gasteiger partial charge in [0, 0.05) is 6.54 Å². The van der Waals surface area contributed by atoms with Gasteiger partial charge in [-0.1, -0.05) is 0 Å². The molecule has 0 saturated heterocycles. The highest BCUT2D eigenvalue weighted by atomic mass is 19.1. The molecule has 5 heteroatoms. The summed E-state index contributed by atoms with van der Waals surface area (Å²) in [5.74, 6) is -2.08. The van der Waals surface area contributed by atoms with E-state index in [2.05, 4.69) is 5.10 Å². The second kappa shape index (κ2) is 2.69. The Balaban J connectivity index is 3.17. The van der Waals surface area contributed by atoms with Crippen LogP contribution in [0.3, 0.4) is 0 Å². The standard InChI is InChI=1S/C6H7FN2O2/c1-2-9-5(6(10)11)4(7)3-8-9/h3H,2H2,1H3,(H,10,11). The van der Waals surface area contributed by atoms with Crippen LogP contribution in [-0.2, 0) is 6.54 Å². The molecule has 0 aromatic carbocycles. The molecule has 0 fully saturated rings. The highest BCUT2D eigenvalue weighted by Gasteiger charge is 2.15. The molecule has 0 aliphatic heterocycles. The second-order valence-electron chi connectivity index (χ2n) is 1.96. The number of aromatic carboxylic acids is 1. The molecule has 1 heterocycles. The topological polar surface area (TPSA) is 55.1 Å². The lowest BCUT2D eigenvalue weighted by molar-refractivity contribution is 0.0678. The van der Waals surface area contributed by atoms with Crippen LogP contribution in [0.4, 0.5) is 4.39 Å². The van der Waals surface area contributed by atoms with Crippen molar-refractivity contribution in [3.63, 3.8) is 0 Å². The highest BCUT2D eigenvalue weighted by molar-refractivity contribution is 5.85. The Labute approximate surface area is 62.3 Å². The van der Waals surface area contributed by atoms with Gasteiger partial charge in [-0.2, -0.15) is 5.10 Å². The summed E-state index contributed by atoms with van der Waals surface area (Å²) in [4.78, 5) is 10.4. The summed E-state index contributed by atoms with van der Waals surface area (Å²) in [5, 5.41) is 12.0. The van der Waals surface area contributed by atoms with E-state index in [1.165, 1.54) is 0 Å². The lowest BCUT2D eigenvalue weighted by Gasteiger charge is -1.97. The number of nitrogens with zero attached hydrogens (tertiary/aromatic N) is 2. The molecule has 0 bridgehead atoms. The normalized spacial score (nSPS) is 10.0. The van der Waals surface area contributed by atoms with Crippen molar-refractivity contribution in [2.45, 2.75) is 13.5 Å². The molecule has 0 aliphatic carbocycles. The van der Waals surface area contributed by atoms with Gasteiger partial charge in [0.05, 0.1) is 6.20 Å². The van der Waals surface area contributed by atoms with E-state index in [1.54, 1.807) is 6.92 Å². The Kier molecular flexibility index (Phi) is 1.89. The van der Waals surface area contributed by atoms with Gasteiger partial charge in [0.2, 0.25) is 0 Å². The lowest BCUT2D eigenvalue weighted by Crippen LogP contribution is -2.09. The second-order valence-corrected chi connectivity index (χ2v) is 1.96. The van der Waals surface area contributed by atoms with Gasteiger partial charge in [-0.05, 0) is 6.92 Å². The number of aryl methyl sites for hydroxylation is 1. The Morgan fingerprint density at radius 2 is 2.55 bits per heavy atom. The quantitative estimate of drug-likeness (QED) is 0.690. The first-order valence-corrected chi connectivity index (χ1v) is 3.11. The van der Waals surface area contributed by atoms with E-state index in [1.807, 2.05) is 0 Å². The maximum Gasteiger partial charge on any atom is 0.357 e. The Morgan fingerprint density at radius 1 is 1.91 bits per heavy atom. The van der Waals surface area contributed by atoms with Gasteiger partial charge in [0.25, 0.3) is 0 Å². The maximum absolute atomic E-state index is 12.6. The average Bonchev–Trinajstić information content (AvgIpc) is 2.30. The van der Waals surface area contributed by atoms with Crippen LogP contribution in [0.5, 0.6) is 0 Å². The van der Waals surface area contributed by atoms with Gasteiger partial charge in [-0.15, -0.1) is 0 Å². The summed E-state index contributed by atoms with van der Waals surface area (Å²) in [5.41, 5.74) is -0.382. The predicted molar refractivity (Wildman–Crippen MR) is 34.8 cm³/mol. The van der Waals surface area contributed by atoms with Gasteiger partial charge >= 0.3 is 5.97 Å². The number of rotatable bonds is 2. The summed E-state index contributed by atoms with van der Waals surface area (Å²) >= 11 is 0. The van der Waals surface area contributed by atoms with Crippen molar-refractivity contribution >= 4 is 5.97 Å². The van der Waals surface area contributed by atoms with Crippen molar-refractivity contribution in [3.05, 3.63) is 17.7 Å². The van der Waals surface area contributed by atoms with Crippen LogP contribution in [0.2, 0.25) is 0 Å². The average molecular weight is 158 g/mol. The molecule has 0 spiro atoms. The molecule has 0 unspecified atom stereocenters. The van der Waals surface area contributed by atoms with Gasteiger partial charge < -0.3 is 5.11 Å². The summed E-state index contributed by atoms with van der Waals surface area (Å²) in [6.07, 6.45) is 0.896. The molecule has 1 aromatic rings. The number of carboxylic acids is 1. The molecule has 60 valence electrons. The van der Waals surface area contributed by atoms with Gasteiger partial charge in [0.1, 0.15) is 0 Å². The van der Waals surface area contributed by atoms with E-state index >= 15 is 0 Å². The van der Waals surface area contributed by atoms with E-state index in [4.69, 9.17) is 5.11 Å². The minimum absolute atomic E-state index is 0.353. The number of carboxylic acid groups (broad SMARTS) is 1. The molecule has 4 nitrogen and oxygen atoms in total. The van der Waals surface area contributed by atoms with Crippen LogP contribution in [0.1, 0.15) is 17.4 Å². The smallest absolute Gasteiger partial charge is 0.357 e. The zero-order chi connectivity index (χ0) is 8.43. The molecule has 1 rings (SSSR count). The van der Waals surface area contributed by atoms with E-state index in [9.17, 15) is 9.18 Å². The number of aromatic nitrogens is 2. The number of hydrogen-bond donors (Lipinski definition) is 1. The molecular formula is C6H7FN2O2. The third-order valence-corrected chi connectivity index (χ3v) is 1.30. The maximum atomic E-state index is 12.6. The lowest BCUT2D eigenvalue weighted by atomic mass is 10.4. The van der Waals surface area contributed by atoms with Crippen molar-refractivity contribution in [3.8, 4) is 0 Å². The van der Waals surface area contributed by atoms with E-state index < -0.39 is 11.8 Å². The van der Waals surface area contributed by atoms with Crippen molar-refractivity contribution in [1.29, 1.82) is 0 Å². The first kappa shape index (κ1) is 7.71. The van der Waals surface area contributed by atoms with Crippen LogP contribution in [0, 0.1) is 5.82 Å². The summed E-state index contributed by atoms with van der Waals surface area (Å²) in [6.45, 7) is 2.05. The molecule has 0 aliphatic rings. The minimum Gasteiger partial charge on any atom is -0.476 e. The van der Waals surface area contributed by atoms with Crippen molar-refractivity contribution < 1.29 is 14.3 Å². The van der Waals surface area contributed by atoms with Crippen LogP contribution in [0.25, 0.3) is 0 Å². The minimum atomic E-state index is -1.29. The third kappa shape index (κ3) is 1.21. The first-order valence-electron chi connectivity index (χ1n) is 3.11. The van der Waals surface area contributed by atoms with Gasteiger partial charge in [-0.3, -0.25) is 4.68 Å². The number of hydrogen-bond acceptors (Lipinski definition) is 2. The largest absolute Gasteiger partial charge is 0.476 e. The fraction of sp³-hybridized carbons (Fsp3) is 0.333. The molecule has 0 amide bonds. The van der Waals surface area contributed by atoms with Gasteiger partial charge in [-0.25, -0.2) is 9.18 Å².